The van der Waals surface area contributed by atoms with Crippen LogP contribution in [0.3, 0.4) is 0 Å². The third-order valence-electron chi connectivity index (χ3n) is 6.70. The summed E-state index contributed by atoms with van der Waals surface area (Å²) in [6, 6.07) is 15.6. The number of piperidine rings is 1. The van der Waals surface area contributed by atoms with Crippen molar-refractivity contribution in [3.63, 3.8) is 0 Å². The van der Waals surface area contributed by atoms with E-state index >= 15 is 0 Å². The summed E-state index contributed by atoms with van der Waals surface area (Å²) in [6.07, 6.45) is 3.71. The van der Waals surface area contributed by atoms with Gasteiger partial charge in [0.25, 0.3) is 0 Å². The highest BCUT2D eigenvalue weighted by atomic mass is 16.6. The maximum absolute atomic E-state index is 12.7. The lowest BCUT2D eigenvalue weighted by Gasteiger charge is -2.39. The molecule has 0 aliphatic carbocycles. The summed E-state index contributed by atoms with van der Waals surface area (Å²) >= 11 is 0. The summed E-state index contributed by atoms with van der Waals surface area (Å²) in [5.74, 6) is 2.90. The highest BCUT2D eigenvalue weighted by Crippen LogP contribution is 2.43. The Morgan fingerprint density at radius 3 is 2.03 bits per heavy atom. The molecule has 4 rings (SSSR count). The van der Waals surface area contributed by atoms with Crippen molar-refractivity contribution < 1.29 is 23.4 Å². The highest BCUT2D eigenvalue weighted by Gasteiger charge is 2.42. The zero-order chi connectivity index (χ0) is 26.6. The largest absolute Gasteiger partial charge is 0.497 e. The topological polar surface area (TPSA) is 74.0 Å². The highest BCUT2D eigenvalue weighted by molar-refractivity contribution is 5.77. The zero-order valence-corrected chi connectivity index (χ0v) is 22.4. The van der Waals surface area contributed by atoms with Crippen LogP contribution in [0.15, 0.2) is 65.6 Å². The Morgan fingerprint density at radius 1 is 1.00 bits per heavy atom. The molecule has 0 unspecified atom stereocenters. The number of aromatic nitrogens is 1. The van der Waals surface area contributed by atoms with Gasteiger partial charge < -0.3 is 23.5 Å². The summed E-state index contributed by atoms with van der Waals surface area (Å²) in [6.45, 7) is 10.8. The van der Waals surface area contributed by atoms with Gasteiger partial charge in [0.05, 0.1) is 19.6 Å². The maximum Gasteiger partial charge on any atom is 0.410 e. The molecule has 1 aliphatic rings. The van der Waals surface area contributed by atoms with Gasteiger partial charge in [0.1, 0.15) is 22.8 Å². The molecule has 3 aromatic rings. The number of methoxy groups -OCH3 is 2. The molecule has 7 heteroatoms. The molecule has 0 spiro atoms. The number of amides is 1. The fourth-order valence-electron chi connectivity index (χ4n) is 4.65. The molecule has 0 N–H and O–H groups in total. The molecule has 0 bridgehead atoms. The van der Waals surface area contributed by atoms with E-state index in [9.17, 15) is 4.79 Å². The standard InChI is InChI=1S/C30H36N2O5/c1-7-16-30(17-19-32(20-18-30)28(33)37-29(2,3)4)27-31-25(21-8-12-23(34-5)13-9-21)26(36-27)22-10-14-24(35-6)15-11-22/h7-15H,1,16-20H2,2-6H3. The van der Waals surface area contributed by atoms with Gasteiger partial charge in [0, 0.05) is 24.2 Å². The number of hydrogen-bond acceptors (Lipinski definition) is 6. The van der Waals surface area contributed by atoms with E-state index in [1.54, 1.807) is 19.1 Å². The van der Waals surface area contributed by atoms with Crippen LogP contribution in [-0.4, -0.2) is 48.9 Å². The number of benzene rings is 2. The number of ether oxygens (including phenoxy) is 3. The summed E-state index contributed by atoms with van der Waals surface area (Å²) < 4.78 is 22.9. The number of allylic oxidation sites excluding steroid dienone is 1. The molecule has 0 radical (unpaired) electrons. The fraction of sp³-hybridized carbons (Fsp3) is 0.400. The zero-order valence-electron chi connectivity index (χ0n) is 22.4. The molecule has 1 aromatic heterocycles. The maximum atomic E-state index is 12.7. The van der Waals surface area contributed by atoms with Gasteiger partial charge in [0.2, 0.25) is 5.89 Å². The first-order chi connectivity index (χ1) is 17.7. The third kappa shape index (κ3) is 5.82. The molecule has 37 heavy (non-hydrogen) atoms. The van der Waals surface area contributed by atoms with Crippen LogP contribution in [0.5, 0.6) is 11.5 Å². The van der Waals surface area contributed by atoms with Crippen molar-refractivity contribution in [1.82, 2.24) is 9.88 Å². The third-order valence-corrected chi connectivity index (χ3v) is 6.70. The first-order valence-electron chi connectivity index (χ1n) is 12.6. The smallest absolute Gasteiger partial charge is 0.410 e. The average molecular weight is 505 g/mol. The molecule has 7 nitrogen and oxygen atoms in total. The average Bonchev–Trinajstić information content (AvgIpc) is 3.34. The van der Waals surface area contributed by atoms with Crippen molar-refractivity contribution >= 4 is 6.09 Å². The van der Waals surface area contributed by atoms with Crippen molar-refractivity contribution in [3.8, 4) is 34.1 Å². The van der Waals surface area contributed by atoms with E-state index in [-0.39, 0.29) is 11.5 Å². The lowest BCUT2D eigenvalue weighted by Crippen LogP contribution is -2.46. The normalized spacial score (nSPS) is 15.2. The van der Waals surface area contributed by atoms with E-state index in [4.69, 9.17) is 23.6 Å². The second kappa shape index (κ2) is 10.7. The van der Waals surface area contributed by atoms with Gasteiger partial charge in [-0.2, -0.15) is 0 Å². The minimum absolute atomic E-state index is 0.287. The molecule has 1 aliphatic heterocycles. The predicted octanol–water partition coefficient (Wildman–Crippen LogP) is 6.87. The second-order valence-corrected chi connectivity index (χ2v) is 10.4. The first kappa shape index (κ1) is 26.3. The van der Waals surface area contributed by atoms with Crippen LogP contribution in [0.1, 0.15) is 45.9 Å². The number of likely N-dealkylation sites (tertiary alicyclic amines) is 1. The van der Waals surface area contributed by atoms with Crippen molar-refractivity contribution in [2.45, 2.75) is 51.0 Å². The number of carbonyl (C=O) groups excluding carboxylic acids is 1. The summed E-state index contributed by atoms with van der Waals surface area (Å²) in [4.78, 5) is 19.5. The Hall–Kier alpha value is -3.74. The van der Waals surface area contributed by atoms with Crippen LogP contribution in [-0.2, 0) is 10.2 Å². The Morgan fingerprint density at radius 2 is 1.54 bits per heavy atom. The molecule has 196 valence electrons. The van der Waals surface area contributed by atoms with Crippen LogP contribution in [0, 0.1) is 0 Å². The Bertz CT molecular complexity index is 1150. The van der Waals surface area contributed by atoms with Gasteiger partial charge in [-0.05, 0) is 88.6 Å². The molecule has 1 fully saturated rings. The molecule has 2 aromatic carbocycles. The summed E-state index contributed by atoms with van der Waals surface area (Å²) in [5.41, 5.74) is 1.70. The minimum Gasteiger partial charge on any atom is -0.497 e. The number of oxazole rings is 1. The summed E-state index contributed by atoms with van der Waals surface area (Å²) in [5, 5.41) is 0. The monoisotopic (exact) mass is 504 g/mol. The lowest BCUT2D eigenvalue weighted by atomic mass is 9.75. The molecule has 2 heterocycles. The van der Waals surface area contributed by atoms with E-state index in [0.29, 0.717) is 44.0 Å². The molecule has 1 saturated heterocycles. The molecular formula is C30H36N2O5. The van der Waals surface area contributed by atoms with E-state index in [1.165, 1.54) is 0 Å². The van der Waals surface area contributed by atoms with Crippen LogP contribution >= 0.6 is 0 Å². The molecule has 1 amide bonds. The summed E-state index contributed by atoms with van der Waals surface area (Å²) in [7, 11) is 3.29. The van der Waals surface area contributed by atoms with Gasteiger partial charge in [-0.25, -0.2) is 9.78 Å². The van der Waals surface area contributed by atoms with Crippen molar-refractivity contribution in [2.24, 2.45) is 0 Å². The van der Waals surface area contributed by atoms with Gasteiger partial charge in [-0.1, -0.05) is 6.08 Å². The number of rotatable bonds is 7. The minimum atomic E-state index is -0.532. The van der Waals surface area contributed by atoms with Crippen LogP contribution in [0.4, 0.5) is 4.79 Å². The van der Waals surface area contributed by atoms with Crippen LogP contribution in [0.25, 0.3) is 22.6 Å². The van der Waals surface area contributed by atoms with E-state index in [0.717, 1.165) is 28.3 Å². The quantitative estimate of drug-likeness (QED) is 0.327. The lowest BCUT2D eigenvalue weighted by molar-refractivity contribution is 0.0150. The number of nitrogens with zero attached hydrogens (tertiary/aromatic N) is 2. The molecule has 0 atom stereocenters. The Labute approximate surface area is 219 Å². The van der Waals surface area contributed by atoms with Gasteiger partial charge in [0.15, 0.2) is 5.76 Å². The van der Waals surface area contributed by atoms with Crippen molar-refractivity contribution in [2.75, 3.05) is 27.3 Å². The van der Waals surface area contributed by atoms with Gasteiger partial charge in [-0.15, -0.1) is 6.58 Å². The van der Waals surface area contributed by atoms with E-state index < -0.39 is 5.60 Å². The first-order valence-corrected chi connectivity index (χ1v) is 12.6. The predicted molar refractivity (Wildman–Crippen MR) is 144 cm³/mol. The van der Waals surface area contributed by atoms with Crippen molar-refractivity contribution in [1.29, 1.82) is 0 Å². The van der Waals surface area contributed by atoms with E-state index in [1.807, 2.05) is 75.4 Å². The van der Waals surface area contributed by atoms with Gasteiger partial charge >= 0.3 is 6.09 Å². The van der Waals surface area contributed by atoms with E-state index in [2.05, 4.69) is 6.58 Å². The Balaban J connectivity index is 1.71. The SMILES string of the molecule is C=CCC1(c2nc(-c3ccc(OC)cc3)c(-c3ccc(OC)cc3)o2)CCN(C(=O)OC(C)(C)C)CC1. The Kier molecular flexibility index (Phi) is 7.62. The second-order valence-electron chi connectivity index (χ2n) is 10.4. The fourth-order valence-corrected chi connectivity index (χ4v) is 4.65. The molecular weight excluding hydrogens is 468 g/mol. The van der Waals surface area contributed by atoms with Crippen molar-refractivity contribution in [3.05, 3.63) is 67.1 Å². The van der Waals surface area contributed by atoms with Crippen LogP contribution in [0.2, 0.25) is 0 Å². The van der Waals surface area contributed by atoms with Crippen LogP contribution < -0.4 is 9.47 Å². The number of hydrogen-bond donors (Lipinski definition) is 0. The number of carbonyl (C=O) groups is 1. The molecule has 0 saturated carbocycles. The van der Waals surface area contributed by atoms with Gasteiger partial charge in [-0.3, -0.25) is 0 Å².